The molecule has 18 heavy (non-hydrogen) atoms. The van der Waals surface area contributed by atoms with Gasteiger partial charge in [0, 0.05) is 5.56 Å². The van der Waals surface area contributed by atoms with Crippen LogP contribution in [0.15, 0.2) is 40.9 Å². The van der Waals surface area contributed by atoms with Gasteiger partial charge >= 0.3 is 0 Å². The molecule has 0 aliphatic rings. The number of anilines is 1. The van der Waals surface area contributed by atoms with Gasteiger partial charge < -0.3 is 5.73 Å². The van der Waals surface area contributed by atoms with Gasteiger partial charge in [0.1, 0.15) is 11.6 Å². The average molecular weight is 312 g/mol. The van der Waals surface area contributed by atoms with E-state index >= 15 is 0 Å². The van der Waals surface area contributed by atoms with Crippen LogP contribution < -0.4 is 5.73 Å². The molecule has 2 aromatic rings. The second kappa shape index (κ2) is 4.86. The Hall–Kier alpha value is -1.75. The molecule has 0 atom stereocenters. The van der Waals surface area contributed by atoms with Crippen LogP contribution in [0.2, 0.25) is 0 Å². The van der Waals surface area contributed by atoms with Crippen molar-refractivity contribution in [2.45, 2.75) is 0 Å². The molecule has 0 aromatic heterocycles. The summed E-state index contributed by atoms with van der Waals surface area (Å²) in [4.78, 5) is 12.1. The fourth-order valence-electron chi connectivity index (χ4n) is 1.56. The van der Waals surface area contributed by atoms with Crippen LogP contribution in [0.4, 0.5) is 14.5 Å². The Morgan fingerprint density at radius 2 is 1.67 bits per heavy atom. The van der Waals surface area contributed by atoms with Crippen molar-refractivity contribution in [1.29, 1.82) is 0 Å². The number of para-hydroxylation sites is 1. The van der Waals surface area contributed by atoms with E-state index in [9.17, 15) is 13.6 Å². The molecule has 0 radical (unpaired) electrons. The zero-order chi connectivity index (χ0) is 13.3. The number of halogens is 3. The van der Waals surface area contributed by atoms with Crippen molar-refractivity contribution in [2.75, 3.05) is 5.73 Å². The van der Waals surface area contributed by atoms with Gasteiger partial charge in [-0.1, -0.05) is 12.1 Å². The summed E-state index contributed by atoms with van der Waals surface area (Å²) in [6.45, 7) is 0. The van der Waals surface area contributed by atoms with Gasteiger partial charge in [0.25, 0.3) is 0 Å². The number of nitrogens with two attached hydrogens (primary N) is 1. The first kappa shape index (κ1) is 12.7. The topological polar surface area (TPSA) is 43.1 Å². The molecule has 92 valence electrons. The quantitative estimate of drug-likeness (QED) is 0.681. The Balaban J connectivity index is 2.55. The van der Waals surface area contributed by atoms with Crippen LogP contribution in [-0.4, -0.2) is 5.78 Å². The Bertz CT molecular complexity index is 575. The first-order chi connectivity index (χ1) is 8.52. The number of rotatable bonds is 2. The van der Waals surface area contributed by atoms with Crippen molar-refractivity contribution >= 4 is 27.4 Å². The number of hydrogen-bond donors (Lipinski definition) is 1. The van der Waals surface area contributed by atoms with E-state index in [0.29, 0.717) is 0 Å². The summed E-state index contributed by atoms with van der Waals surface area (Å²) in [7, 11) is 0. The molecule has 0 aliphatic carbocycles. The van der Waals surface area contributed by atoms with Gasteiger partial charge in [0.2, 0.25) is 0 Å². The largest absolute Gasteiger partial charge is 0.396 e. The zero-order valence-corrected chi connectivity index (χ0v) is 10.7. The molecular weight excluding hydrogens is 304 g/mol. The highest BCUT2D eigenvalue weighted by Gasteiger charge is 2.19. The predicted octanol–water partition coefficient (Wildman–Crippen LogP) is 3.54. The molecule has 0 unspecified atom stereocenters. The minimum absolute atomic E-state index is 0.0491. The lowest BCUT2D eigenvalue weighted by atomic mass is 10.0. The minimum atomic E-state index is -0.698. The van der Waals surface area contributed by atoms with Crippen molar-refractivity contribution in [3.63, 3.8) is 0 Å². The normalized spacial score (nSPS) is 10.4. The number of ketones is 1. The first-order valence-electron chi connectivity index (χ1n) is 5.05. The van der Waals surface area contributed by atoms with Crippen LogP contribution in [0.5, 0.6) is 0 Å². The van der Waals surface area contributed by atoms with Gasteiger partial charge in [0.05, 0.1) is 15.7 Å². The number of carbonyl (C=O) groups excluding carboxylic acids is 1. The third kappa shape index (κ3) is 2.13. The van der Waals surface area contributed by atoms with Crippen molar-refractivity contribution in [3.05, 3.63) is 63.6 Å². The van der Waals surface area contributed by atoms with Crippen molar-refractivity contribution in [1.82, 2.24) is 0 Å². The SMILES string of the molecule is Nc1c(F)cccc1C(=O)c1cccc(Br)c1F. The maximum absolute atomic E-state index is 13.8. The lowest BCUT2D eigenvalue weighted by Crippen LogP contribution is -2.09. The fourth-order valence-corrected chi connectivity index (χ4v) is 1.93. The van der Waals surface area contributed by atoms with E-state index in [2.05, 4.69) is 15.9 Å². The third-order valence-electron chi connectivity index (χ3n) is 2.49. The molecule has 0 fully saturated rings. The highest BCUT2D eigenvalue weighted by Crippen LogP contribution is 2.24. The average Bonchev–Trinajstić information content (AvgIpc) is 2.35. The molecule has 0 bridgehead atoms. The molecule has 0 spiro atoms. The molecule has 5 heteroatoms. The maximum Gasteiger partial charge on any atom is 0.198 e. The predicted molar refractivity (Wildman–Crippen MR) is 68.3 cm³/mol. The number of nitrogen functional groups attached to an aromatic ring is 1. The van der Waals surface area contributed by atoms with Crippen LogP contribution in [0.3, 0.4) is 0 Å². The summed E-state index contributed by atoms with van der Waals surface area (Å²) in [5, 5.41) is 0. The molecule has 0 aliphatic heterocycles. The summed E-state index contributed by atoms with van der Waals surface area (Å²) in [6, 6.07) is 8.18. The van der Waals surface area contributed by atoms with E-state index in [-0.39, 0.29) is 21.3 Å². The summed E-state index contributed by atoms with van der Waals surface area (Å²) in [5.41, 5.74) is 5.00. The third-order valence-corrected chi connectivity index (χ3v) is 3.11. The smallest absolute Gasteiger partial charge is 0.198 e. The molecule has 2 rings (SSSR count). The molecular formula is C13H8BrF2NO. The van der Waals surface area contributed by atoms with Gasteiger partial charge in [-0.05, 0) is 40.2 Å². The summed E-state index contributed by atoms with van der Waals surface area (Å²) in [6.07, 6.45) is 0. The van der Waals surface area contributed by atoms with E-state index < -0.39 is 17.4 Å². The van der Waals surface area contributed by atoms with E-state index in [1.165, 1.54) is 30.3 Å². The Labute approximate surface area is 111 Å². The van der Waals surface area contributed by atoms with Crippen LogP contribution in [-0.2, 0) is 0 Å². The standard InChI is InChI=1S/C13H8BrF2NO/c14-9-5-1-3-7(11(9)16)13(18)8-4-2-6-10(15)12(8)17/h1-6H,17H2. The monoisotopic (exact) mass is 311 g/mol. The second-order valence-electron chi connectivity index (χ2n) is 3.63. The number of hydrogen-bond acceptors (Lipinski definition) is 2. The van der Waals surface area contributed by atoms with Crippen LogP contribution in [0, 0.1) is 11.6 Å². The van der Waals surface area contributed by atoms with Crippen LogP contribution >= 0.6 is 15.9 Å². The Kier molecular flexibility index (Phi) is 3.43. The van der Waals surface area contributed by atoms with Gasteiger partial charge in [-0.2, -0.15) is 0 Å². The van der Waals surface area contributed by atoms with E-state index in [1.54, 1.807) is 0 Å². The number of carbonyl (C=O) groups is 1. The van der Waals surface area contributed by atoms with Crippen LogP contribution in [0.1, 0.15) is 15.9 Å². The minimum Gasteiger partial charge on any atom is -0.396 e. The summed E-state index contributed by atoms with van der Waals surface area (Å²) < 4.78 is 27.2. The van der Waals surface area contributed by atoms with Gasteiger partial charge in [-0.3, -0.25) is 4.79 Å². The van der Waals surface area contributed by atoms with Gasteiger partial charge in [-0.25, -0.2) is 8.78 Å². The van der Waals surface area contributed by atoms with Gasteiger partial charge in [0.15, 0.2) is 5.78 Å². The van der Waals surface area contributed by atoms with Crippen molar-refractivity contribution < 1.29 is 13.6 Å². The summed E-state index contributed by atoms with van der Waals surface area (Å²) in [5.74, 6) is -2.03. The van der Waals surface area contributed by atoms with Gasteiger partial charge in [-0.15, -0.1) is 0 Å². The lowest BCUT2D eigenvalue weighted by Gasteiger charge is -2.07. The van der Waals surface area contributed by atoms with E-state index in [0.717, 1.165) is 6.07 Å². The summed E-state index contributed by atoms with van der Waals surface area (Å²) >= 11 is 2.99. The van der Waals surface area contributed by atoms with Crippen molar-refractivity contribution in [3.8, 4) is 0 Å². The fraction of sp³-hybridized carbons (Fsp3) is 0. The molecule has 0 saturated heterocycles. The molecule has 2 aromatic carbocycles. The Morgan fingerprint density at radius 3 is 2.39 bits per heavy atom. The second-order valence-corrected chi connectivity index (χ2v) is 4.49. The van der Waals surface area contributed by atoms with E-state index in [4.69, 9.17) is 5.73 Å². The molecule has 2 nitrogen and oxygen atoms in total. The highest BCUT2D eigenvalue weighted by atomic mass is 79.9. The zero-order valence-electron chi connectivity index (χ0n) is 9.08. The Morgan fingerprint density at radius 1 is 1.06 bits per heavy atom. The lowest BCUT2D eigenvalue weighted by molar-refractivity contribution is 0.103. The molecule has 0 amide bonds. The van der Waals surface area contributed by atoms with E-state index in [1.807, 2.05) is 0 Å². The molecule has 0 heterocycles. The molecule has 0 saturated carbocycles. The first-order valence-corrected chi connectivity index (χ1v) is 5.84. The molecule has 2 N–H and O–H groups in total. The maximum atomic E-state index is 13.8. The van der Waals surface area contributed by atoms with Crippen molar-refractivity contribution in [2.24, 2.45) is 0 Å². The highest BCUT2D eigenvalue weighted by molar-refractivity contribution is 9.10. The van der Waals surface area contributed by atoms with Crippen LogP contribution in [0.25, 0.3) is 0 Å². The number of benzene rings is 2.